The highest BCUT2D eigenvalue weighted by Gasteiger charge is 2.29. The van der Waals surface area contributed by atoms with Gasteiger partial charge in [-0.1, -0.05) is 5.16 Å². The van der Waals surface area contributed by atoms with Gasteiger partial charge in [-0.05, 0) is 37.7 Å². The topological polar surface area (TPSA) is 64.1 Å². The summed E-state index contributed by atoms with van der Waals surface area (Å²) in [7, 11) is 0. The van der Waals surface area contributed by atoms with E-state index in [9.17, 15) is 5.11 Å². The van der Waals surface area contributed by atoms with Crippen molar-refractivity contribution < 1.29 is 9.63 Å². The Morgan fingerprint density at radius 1 is 1.32 bits per heavy atom. The van der Waals surface area contributed by atoms with Crippen LogP contribution in [-0.4, -0.2) is 19.8 Å². The summed E-state index contributed by atoms with van der Waals surface area (Å²) in [5.74, 6) is 2.04. The molecule has 5 nitrogen and oxygen atoms in total. The van der Waals surface area contributed by atoms with Gasteiger partial charge in [0.1, 0.15) is 6.54 Å². The molecule has 0 aliphatic heterocycles. The molecule has 4 rings (SSSR count). The van der Waals surface area contributed by atoms with Gasteiger partial charge < -0.3 is 14.2 Å². The van der Waals surface area contributed by atoms with Gasteiger partial charge in [-0.2, -0.15) is 4.98 Å². The number of nitrogens with zero attached hydrogens (tertiary/aromatic N) is 3. The van der Waals surface area contributed by atoms with Gasteiger partial charge in [0, 0.05) is 23.9 Å². The summed E-state index contributed by atoms with van der Waals surface area (Å²) in [5.41, 5.74) is 2.31. The number of aliphatic hydroxyl groups excluding tert-OH is 1. The fourth-order valence-corrected chi connectivity index (χ4v) is 2.81. The van der Waals surface area contributed by atoms with Crippen molar-refractivity contribution in [3.05, 3.63) is 35.2 Å². The number of aryl methyl sites for hydroxylation is 1. The molecule has 1 fully saturated rings. The Morgan fingerprint density at radius 2 is 2.21 bits per heavy atom. The molecule has 0 aromatic carbocycles. The van der Waals surface area contributed by atoms with E-state index in [1.165, 1.54) is 18.4 Å². The van der Waals surface area contributed by atoms with Crippen LogP contribution in [0.15, 0.2) is 16.9 Å². The average Bonchev–Trinajstić information content (AvgIpc) is 3.00. The molecule has 2 aliphatic carbocycles. The van der Waals surface area contributed by atoms with Crippen LogP contribution in [-0.2, 0) is 13.0 Å². The maximum Gasteiger partial charge on any atom is 0.246 e. The summed E-state index contributed by atoms with van der Waals surface area (Å²) in [4.78, 5) is 4.43. The van der Waals surface area contributed by atoms with Crippen LogP contribution in [0.25, 0.3) is 0 Å². The molecule has 0 amide bonds. The second-order valence-electron chi connectivity index (χ2n) is 5.64. The Balaban J connectivity index is 1.55. The Hall–Kier alpha value is -1.62. The summed E-state index contributed by atoms with van der Waals surface area (Å²) in [6.45, 7) is 0.597. The lowest BCUT2D eigenvalue weighted by atomic mass is 9.93. The van der Waals surface area contributed by atoms with E-state index in [0.29, 0.717) is 18.4 Å². The van der Waals surface area contributed by atoms with Gasteiger partial charge in [0.2, 0.25) is 5.89 Å². The average molecular weight is 259 g/mol. The number of hydrogen-bond acceptors (Lipinski definition) is 4. The number of aliphatic hydroxyl groups is 1. The Bertz CT molecular complexity index is 598. The van der Waals surface area contributed by atoms with Crippen molar-refractivity contribution in [1.29, 1.82) is 0 Å². The fourth-order valence-electron chi connectivity index (χ4n) is 2.81. The molecule has 1 atom stereocenters. The Morgan fingerprint density at radius 3 is 3.00 bits per heavy atom. The van der Waals surface area contributed by atoms with Crippen LogP contribution in [0.1, 0.15) is 60.5 Å². The molecule has 0 saturated heterocycles. The van der Waals surface area contributed by atoms with Gasteiger partial charge in [-0.15, -0.1) is 0 Å². The summed E-state index contributed by atoms with van der Waals surface area (Å²) in [5, 5.41) is 14.0. The van der Waals surface area contributed by atoms with Crippen LogP contribution in [0, 0.1) is 0 Å². The normalized spacial score (nSPS) is 22.5. The van der Waals surface area contributed by atoms with Crippen LogP contribution >= 0.6 is 0 Å². The molecule has 0 spiro atoms. The SMILES string of the molecule is OC1CCCc2cn(Cc3nc(C4CC4)no3)cc21. The predicted molar refractivity (Wildman–Crippen MR) is 67.7 cm³/mol. The van der Waals surface area contributed by atoms with Crippen LogP contribution in [0.2, 0.25) is 0 Å². The van der Waals surface area contributed by atoms with Gasteiger partial charge in [0.25, 0.3) is 0 Å². The Labute approximate surface area is 111 Å². The van der Waals surface area contributed by atoms with Crippen LogP contribution < -0.4 is 0 Å². The molecule has 2 aromatic heterocycles. The molecular weight excluding hydrogens is 242 g/mol. The first-order chi connectivity index (χ1) is 9.29. The molecule has 2 aromatic rings. The first kappa shape index (κ1) is 11.2. The van der Waals surface area contributed by atoms with Crippen molar-refractivity contribution in [3.8, 4) is 0 Å². The van der Waals surface area contributed by atoms with Gasteiger partial charge in [0.05, 0.1) is 6.10 Å². The van der Waals surface area contributed by atoms with E-state index in [2.05, 4.69) is 16.3 Å². The first-order valence-corrected chi connectivity index (χ1v) is 6.98. The first-order valence-electron chi connectivity index (χ1n) is 6.98. The van der Waals surface area contributed by atoms with E-state index in [-0.39, 0.29) is 6.10 Å². The molecule has 1 unspecified atom stereocenters. The molecule has 1 saturated carbocycles. The van der Waals surface area contributed by atoms with Gasteiger partial charge in [0.15, 0.2) is 5.82 Å². The minimum absolute atomic E-state index is 0.310. The van der Waals surface area contributed by atoms with E-state index < -0.39 is 0 Å². The summed E-state index contributed by atoms with van der Waals surface area (Å²) in [6.07, 6.45) is 9.14. The number of fused-ring (bicyclic) bond motifs is 1. The molecule has 2 aliphatic rings. The van der Waals surface area contributed by atoms with Crippen LogP contribution in [0.5, 0.6) is 0 Å². The predicted octanol–water partition coefficient (Wildman–Crippen LogP) is 2.17. The number of hydrogen-bond donors (Lipinski definition) is 1. The van der Waals surface area contributed by atoms with E-state index >= 15 is 0 Å². The number of rotatable bonds is 3. The van der Waals surface area contributed by atoms with Crippen molar-refractivity contribution in [2.24, 2.45) is 0 Å². The molecular formula is C14H17N3O2. The molecule has 0 bridgehead atoms. The van der Waals surface area contributed by atoms with Crippen LogP contribution in [0.3, 0.4) is 0 Å². The summed E-state index contributed by atoms with van der Waals surface area (Å²) >= 11 is 0. The smallest absolute Gasteiger partial charge is 0.246 e. The van der Waals surface area contributed by atoms with Crippen molar-refractivity contribution in [1.82, 2.24) is 14.7 Å². The van der Waals surface area contributed by atoms with Crippen LogP contribution in [0.4, 0.5) is 0 Å². The largest absolute Gasteiger partial charge is 0.388 e. The zero-order valence-electron chi connectivity index (χ0n) is 10.7. The zero-order valence-corrected chi connectivity index (χ0v) is 10.7. The third-order valence-corrected chi connectivity index (χ3v) is 4.02. The third-order valence-electron chi connectivity index (χ3n) is 4.02. The summed E-state index contributed by atoms with van der Waals surface area (Å²) < 4.78 is 7.33. The van der Waals surface area contributed by atoms with Crippen molar-refractivity contribution in [2.45, 2.75) is 50.7 Å². The lowest BCUT2D eigenvalue weighted by Gasteiger charge is -2.16. The minimum atomic E-state index is -0.310. The summed E-state index contributed by atoms with van der Waals surface area (Å²) in [6, 6.07) is 0. The molecule has 2 heterocycles. The monoisotopic (exact) mass is 259 g/mol. The van der Waals surface area contributed by atoms with E-state index in [4.69, 9.17) is 4.52 Å². The quantitative estimate of drug-likeness (QED) is 0.917. The molecule has 100 valence electrons. The zero-order chi connectivity index (χ0) is 12.8. The Kier molecular flexibility index (Phi) is 2.48. The molecule has 1 N–H and O–H groups in total. The van der Waals surface area contributed by atoms with Crippen molar-refractivity contribution in [3.63, 3.8) is 0 Å². The second-order valence-corrected chi connectivity index (χ2v) is 5.64. The highest BCUT2D eigenvalue weighted by atomic mass is 16.5. The molecule has 19 heavy (non-hydrogen) atoms. The minimum Gasteiger partial charge on any atom is -0.388 e. The van der Waals surface area contributed by atoms with Gasteiger partial charge in [-0.3, -0.25) is 0 Å². The highest BCUT2D eigenvalue weighted by Crippen LogP contribution is 2.38. The standard InChI is InChI=1S/C14H17N3O2/c18-12-3-1-2-10-6-17(7-11(10)12)8-13-15-14(16-19-13)9-4-5-9/h6-7,9,12,18H,1-5,8H2. The van der Waals surface area contributed by atoms with Crippen molar-refractivity contribution >= 4 is 0 Å². The van der Waals surface area contributed by atoms with Crippen molar-refractivity contribution in [2.75, 3.05) is 0 Å². The lowest BCUT2D eigenvalue weighted by Crippen LogP contribution is -2.05. The third kappa shape index (κ3) is 2.08. The maximum atomic E-state index is 9.96. The molecule has 0 radical (unpaired) electrons. The van der Waals surface area contributed by atoms with E-state index in [1.54, 1.807) is 0 Å². The van der Waals surface area contributed by atoms with E-state index in [0.717, 1.165) is 30.7 Å². The van der Waals surface area contributed by atoms with E-state index in [1.807, 2.05) is 10.8 Å². The number of aromatic nitrogens is 3. The lowest BCUT2D eigenvalue weighted by molar-refractivity contribution is 0.157. The highest BCUT2D eigenvalue weighted by molar-refractivity contribution is 5.29. The van der Waals surface area contributed by atoms with Gasteiger partial charge >= 0.3 is 0 Å². The second kappa shape index (κ2) is 4.20. The fraction of sp³-hybridized carbons (Fsp3) is 0.571. The van der Waals surface area contributed by atoms with Gasteiger partial charge in [-0.25, -0.2) is 0 Å². The maximum absolute atomic E-state index is 9.96. The molecule has 5 heteroatoms.